The number of benzene rings is 2. The van der Waals surface area contributed by atoms with Crippen molar-refractivity contribution in [3.63, 3.8) is 0 Å². The van der Waals surface area contributed by atoms with Gasteiger partial charge in [-0.15, -0.1) is 0 Å². The Morgan fingerprint density at radius 2 is 1.92 bits per heavy atom. The van der Waals surface area contributed by atoms with Crippen LogP contribution >= 0.6 is 11.6 Å². The Morgan fingerprint density at radius 3 is 2.69 bits per heavy atom. The summed E-state index contributed by atoms with van der Waals surface area (Å²) >= 11 is 5.86. The van der Waals surface area contributed by atoms with E-state index in [-0.39, 0.29) is 16.4 Å². The van der Waals surface area contributed by atoms with Gasteiger partial charge in [0.05, 0.1) is 16.2 Å². The summed E-state index contributed by atoms with van der Waals surface area (Å²) in [5.41, 5.74) is 0.977. The van der Waals surface area contributed by atoms with Gasteiger partial charge >= 0.3 is 5.97 Å². The molecule has 0 aliphatic carbocycles. The highest BCUT2D eigenvalue weighted by Crippen LogP contribution is 2.22. The molecule has 1 unspecified atom stereocenters. The van der Waals surface area contributed by atoms with Crippen LogP contribution in [0.25, 0.3) is 10.9 Å². The van der Waals surface area contributed by atoms with Crippen LogP contribution in [0.2, 0.25) is 5.02 Å². The lowest BCUT2D eigenvalue weighted by Crippen LogP contribution is -2.30. The highest BCUT2D eigenvalue weighted by molar-refractivity contribution is 6.33. The van der Waals surface area contributed by atoms with E-state index in [2.05, 4.69) is 10.3 Å². The number of nitrogens with one attached hydrogen (secondary N) is 1. The molecule has 0 spiro atoms. The average Bonchev–Trinajstić information content (AvgIpc) is 2.63. The number of carbonyl (C=O) groups is 2. The molecular formula is C19H14ClFN2O3. The number of halogens is 2. The number of aromatic nitrogens is 1. The quantitative estimate of drug-likeness (QED) is 0.696. The maximum Gasteiger partial charge on any atom is 0.357 e. The fourth-order valence-corrected chi connectivity index (χ4v) is 2.49. The summed E-state index contributed by atoms with van der Waals surface area (Å²) in [4.78, 5) is 28.6. The monoisotopic (exact) mass is 372 g/mol. The predicted octanol–water partition coefficient (Wildman–Crippen LogP) is 4.21. The van der Waals surface area contributed by atoms with Crippen molar-refractivity contribution in [2.45, 2.75) is 13.0 Å². The lowest BCUT2D eigenvalue weighted by molar-refractivity contribution is -0.123. The second kappa shape index (κ2) is 7.49. The highest BCUT2D eigenvalue weighted by Gasteiger charge is 2.20. The normalized spacial score (nSPS) is 11.8. The topological polar surface area (TPSA) is 68.3 Å². The summed E-state index contributed by atoms with van der Waals surface area (Å²) in [6.45, 7) is 1.42. The Bertz CT molecular complexity index is 993. The molecule has 0 radical (unpaired) electrons. The van der Waals surface area contributed by atoms with Crippen molar-refractivity contribution in [3.8, 4) is 0 Å². The first kappa shape index (κ1) is 17.8. The van der Waals surface area contributed by atoms with Crippen molar-refractivity contribution in [3.05, 3.63) is 71.1 Å². The Labute approximate surface area is 153 Å². The van der Waals surface area contributed by atoms with Gasteiger partial charge in [-0.2, -0.15) is 0 Å². The lowest BCUT2D eigenvalue weighted by Gasteiger charge is -2.14. The number of anilines is 1. The minimum atomic E-state index is -1.09. The van der Waals surface area contributed by atoms with E-state index in [1.54, 1.807) is 12.1 Å². The van der Waals surface area contributed by atoms with Crippen molar-refractivity contribution in [1.29, 1.82) is 0 Å². The molecule has 1 amide bonds. The van der Waals surface area contributed by atoms with Gasteiger partial charge in [0.2, 0.25) is 0 Å². The van der Waals surface area contributed by atoms with Gasteiger partial charge in [0, 0.05) is 5.39 Å². The molecule has 5 nitrogen and oxygen atoms in total. The van der Waals surface area contributed by atoms with Crippen molar-refractivity contribution < 1.29 is 18.7 Å². The molecule has 132 valence electrons. The van der Waals surface area contributed by atoms with Crippen molar-refractivity contribution in [1.82, 2.24) is 4.98 Å². The van der Waals surface area contributed by atoms with Crippen LogP contribution in [-0.2, 0) is 9.53 Å². The Balaban J connectivity index is 1.68. The highest BCUT2D eigenvalue weighted by atomic mass is 35.5. The third-order valence-corrected chi connectivity index (χ3v) is 3.96. The van der Waals surface area contributed by atoms with E-state index in [0.29, 0.717) is 5.52 Å². The van der Waals surface area contributed by atoms with Crippen LogP contribution in [0.4, 0.5) is 10.1 Å². The number of esters is 1. The number of rotatable bonds is 4. The molecule has 3 aromatic rings. The molecule has 1 heterocycles. The van der Waals surface area contributed by atoms with Gasteiger partial charge in [0.1, 0.15) is 11.5 Å². The number of carbonyl (C=O) groups excluding carboxylic acids is 2. The van der Waals surface area contributed by atoms with E-state index in [1.807, 2.05) is 18.2 Å². The number of fused-ring (bicyclic) bond motifs is 1. The molecule has 1 aromatic heterocycles. The fourth-order valence-electron chi connectivity index (χ4n) is 2.28. The van der Waals surface area contributed by atoms with E-state index < -0.39 is 23.8 Å². The molecule has 1 N–H and O–H groups in total. The van der Waals surface area contributed by atoms with Crippen LogP contribution in [-0.4, -0.2) is 23.0 Å². The number of ether oxygens (including phenoxy) is 1. The Morgan fingerprint density at radius 1 is 1.15 bits per heavy atom. The molecule has 0 saturated carbocycles. The lowest BCUT2D eigenvalue weighted by atomic mass is 10.2. The number of hydrogen-bond acceptors (Lipinski definition) is 4. The minimum Gasteiger partial charge on any atom is -0.448 e. The first-order chi connectivity index (χ1) is 12.4. The molecule has 7 heteroatoms. The molecule has 3 rings (SSSR count). The van der Waals surface area contributed by atoms with Gasteiger partial charge in [-0.1, -0.05) is 35.9 Å². The van der Waals surface area contributed by atoms with Gasteiger partial charge in [0.15, 0.2) is 6.10 Å². The molecular weight excluding hydrogens is 359 g/mol. The predicted molar refractivity (Wildman–Crippen MR) is 96.7 cm³/mol. The molecule has 0 aliphatic rings. The Kier molecular flexibility index (Phi) is 5.14. The largest absolute Gasteiger partial charge is 0.448 e. The van der Waals surface area contributed by atoms with Crippen LogP contribution in [0.15, 0.2) is 54.6 Å². The molecule has 26 heavy (non-hydrogen) atoms. The summed E-state index contributed by atoms with van der Waals surface area (Å²) in [5, 5.41) is 3.43. The second-order valence-corrected chi connectivity index (χ2v) is 5.96. The minimum absolute atomic E-state index is 0.0491. The fraction of sp³-hybridized carbons (Fsp3) is 0.105. The number of nitrogens with zero attached hydrogens (tertiary/aromatic N) is 1. The van der Waals surface area contributed by atoms with Crippen molar-refractivity contribution in [2.24, 2.45) is 0 Å². The van der Waals surface area contributed by atoms with E-state index in [4.69, 9.17) is 16.3 Å². The van der Waals surface area contributed by atoms with Crippen LogP contribution in [0.5, 0.6) is 0 Å². The van der Waals surface area contributed by atoms with Crippen molar-refractivity contribution >= 4 is 40.1 Å². The standard InChI is InChI=1S/C19H14ClFN2O3/c1-11(18(24)23-16-9-7-13(21)10-14(16)20)26-19(25)17-8-6-12-4-2-3-5-15(12)22-17/h2-11H,1H3,(H,23,24). The summed E-state index contributed by atoms with van der Waals surface area (Å²) in [6.07, 6.45) is -1.09. The van der Waals surface area contributed by atoms with Crippen LogP contribution < -0.4 is 5.32 Å². The zero-order valence-electron chi connectivity index (χ0n) is 13.7. The third kappa shape index (κ3) is 3.97. The molecule has 1 atom stereocenters. The number of amides is 1. The van der Waals surface area contributed by atoms with Gasteiger partial charge in [-0.25, -0.2) is 14.2 Å². The summed E-state index contributed by atoms with van der Waals surface area (Å²) in [5.74, 6) is -1.83. The van der Waals surface area contributed by atoms with Crippen LogP contribution in [0.1, 0.15) is 17.4 Å². The van der Waals surface area contributed by atoms with E-state index >= 15 is 0 Å². The van der Waals surface area contributed by atoms with Crippen molar-refractivity contribution in [2.75, 3.05) is 5.32 Å². The van der Waals surface area contributed by atoms with Crippen LogP contribution in [0, 0.1) is 5.82 Å². The van der Waals surface area contributed by atoms with Gasteiger partial charge in [-0.05, 0) is 37.3 Å². The van der Waals surface area contributed by atoms with Gasteiger partial charge in [-0.3, -0.25) is 4.79 Å². The summed E-state index contributed by atoms with van der Waals surface area (Å²) < 4.78 is 18.2. The zero-order chi connectivity index (χ0) is 18.7. The molecule has 0 saturated heterocycles. The first-order valence-electron chi connectivity index (χ1n) is 7.77. The average molecular weight is 373 g/mol. The third-order valence-electron chi connectivity index (χ3n) is 3.65. The molecule has 0 bridgehead atoms. The maximum atomic E-state index is 13.0. The van der Waals surface area contributed by atoms with E-state index in [0.717, 1.165) is 17.5 Å². The maximum absolute atomic E-state index is 13.0. The SMILES string of the molecule is CC(OC(=O)c1ccc2ccccc2n1)C(=O)Nc1ccc(F)cc1Cl. The molecule has 0 fully saturated rings. The number of para-hydroxylation sites is 1. The summed E-state index contributed by atoms with van der Waals surface area (Å²) in [6, 6.07) is 14.2. The molecule has 0 aliphatic heterocycles. The summed E-state index contributed by atoms with van der Waals surface area (Å²) in [7, 11) is 0. The van der Waals surface area contributed by atoms with E-state index in [9.17, 15) is 14.0 Å². The number of hydrogen-bond donors (Lipinski definition) is 1. The first-order valence-corrected chi connectivity index (χ1v) is 8.14. The Hall–Kier alpha value is -2.99. The van der Waals surface area contributed by atoms with Gasteiger partial charge < -0.3 is 10.1 Å². The van der Waals surface area contributed by atoms with Gasteiger partial charge in [0.25, 0.3) is 5.91 Å². The second-order valence-electron chi connectivity index (χ2n) is 5.55. The van der Waals surface area contributed by atoms with E-state index in [1.165, 1.54) is 19.1 Å². The van der Waals surface area contributed by atoms with Crippen LogP contribution in [0.3, 0.4) is 0 Å². The molecule has 2 aromatic carbocycles. The zero-order valence-corrected chi connectivity index (χ0v) is 14.5. The number of pyridine rings is 1. The smallest absolute Gasteiger partial charge is 0.357 e.